The second-order valence-electron chi connectivity index (χ2n) is 6.80. The molecule has 5 nitrogen and oxygen atoms in total. The number of imidazole rings is 1. The Labute approximate surface area is 171 Å². The minimum Gasteiger partial charge on any atom is -0.487 e. The SMILES string of the molecule is O=C(CCc1cc(F)ccc1F)Nc1cccc(OCc2cn3ccccc3n2)c1. The summed E-state index contributed by atoms with van der Waals surface area (Å²) in [6, 6.07) is 16.0. The maximum absolute atomic E-state index is 13.7. The van der Waals surface area contributed by atoms with E-state index in [0.29, 0.717) is 11.4 Å². The number of nitrogens with zero attached hydrogens (tertiary/aromatic N) is 2. The summed E-state index contributed by atoms with van der Waals surface area (Å²) in [6.07, 6.45) is 3.95. The first-order valence-electron chi connectivity index (χ1n) is 9.46. The fourth-order valence-electron chi connectivity index (χ4n) is 3.08. The molecule has 0 saturated carbocycles. The van der Waals surface area contributed by atoms with E-state index < -0.39 is 11.6 Å². The largest absolute Gasteiger partial charge is 0.487 e. The quantitative estimate of drug-likeness (QED) is 0.480. The average molecular weight is 407 g/mol. The summed E-state index contributed by atoms with van der Waals surface area (Å²) in [4.78, 5) is 16.7. The molecule has 0 bridgehead atoms. The number of carbonyl (C=O) groups is 1. The lowest BCUT2D eigenvalue weighted by Crippen LogP contribution is -2.12. The van der Waals surface area contributed by atoms with Crippen LogP contribution in [0.5, 0.6) is 5.75 Å². The number of aryl methyl sites for hydroxylation is 1. The number of hydrogen-bond donors (Lipinski definition) is 1. The molecule has 1 amide bonds. The van der Waals surface area contributed by atoms with Gasteiger partial charge in [-0.3, -0.25) is 4.79 Å². The molecule has 0 spiro atoms. The van der Waals surface area contributed by atoms with E-state index in [9.17, 15) is 13.6 Å². The van der Waals surface area contributed by atoms with Crippen LogP contribution < -0.4 is 10.1 Å². The lowest BCUT2D eigenvalue weighted by molar-refractivity contribution is -0.116. The summed E-state index contributed by atoms with van der Waals surface area (Å²) in [7, 11) is 0. The maximum atomic E-state index is 13.7. The summed E-state index contributed by atoms with van der Waals surface area (Å²) in [6.45, 7) is 0.290. The molecule has 0 unspecified atom stereocenters. The van der Waals surface area contributed by atoms with Gasteiger partial charge in [-0.05, 0) is 54.4 Å². The Balaban J connectivity index is 1.33. The van der Waals surface area contributed by atoms with Crippen molar-refractivity contribution >= 4 is 17.2 Å². The Hall–Kier alpha value is -3.74. The van der Waals surface area contributed by atoms with Crippen LogP contribution in [0.15, 0.2) is 73.1 Å². The van der Waals surface area contributed by atoms with Gasteiger partial charge in [0.05, 0.1) is 5.69 Å². The smallest absolute Gasteiger partial charge is 0.224 e. The molecule has 2 heterocycles. The first-order valence-corrected chi connectivity index (χ1v) is 9.46. The van der Waals surface area contributed by atoms with Crippen LogP contribution in [0, 0.1) is 11.6 Å². The molecule has 0 aliphatic carbocycles. The molecule has 152 valence electrons. The van der Waals surface area contributed by atoms with Crippen molar-refractivity contribution in [1.82, 2.24) is 9.38 Å². The summed E-state index contributed by atoms with van der Waals surface area (Å²) < 4.78 is 34.6. The monoisotopic (exact) mass is 407 g/mol. The molecule has 0 saturated heterocycles. The van der Waals surface area contributed by atoms with Gasteiger partial charge in [-0.15, -0.1) is 0 Å². The van der Waals surface area contributed by atoms with E-state index >= 15 is 0 Å². The number of rotatable bonds is 7. The van der Waals surface area contributed by atoms with E-state index in [1.165, 1.54) is 0 Å². The number of pyridine rings is 1. The molecule has 2 aromatic heterocycles. The van der Waals surface area contributed by atoms with E-state index in [1.807, 2.05) is 35.0 Å². The number of anilines is 1. The van der Waals surface area contributed by atoms with Gasteiger partial charge < -0.3 is 14.5 Å². The van der Waals surface area contributed by atoms with Crippen molar-refractivity contribution in [1.29, 1.82) is 0 Å². The standard InChI is InChI=1S/C23H19F2N3O2/c24-17-8-9-21(25)16(12-17)7-10-23(29)27-18-4-3-5-20(13-18)30-15-19-14-28-11-2-1-6-22(28)26-19/h1-6,8-9,11-14H,7,10,15H2,(H,27,29). The third-order valence-corrected chi connectivity index (χ3v) is 4.55. The highest BCUT2D eigenvalue weighted by Gasteiger charge is 2.09. The number of amides is 1. The molecular formula is C23H19F2N3O2. The van der Waals surface area contributed by atoms with Gasteiger partial charge in [-0.25, -0.2) is 13.8 Å². The topological polar surface area (TPSA) is 55.6 Å². The highest BCUT2D eigenvalue weighted by Crippen LogP contribution is 2.19. The average Bonchev–Trinajstić information content (AvgIpc) is 3.16. The van der Waals surface area contributed by atoms with Crippen LogP contribution in [-0.4, -0.2) is 15.3 Å². The number of benzene rings is 2. The highest BCUT2D eigenvalue weighted by atomic mass is 19.1. The molecule has 30 heavy (non-hydrogen) atoms. The number of nitrogens with one attached hydrogen (secondary N) is 1. The van der Waals surface area contributed by atoms with Crippen LogP contribution in [0.25, 0.3) is 5.65 Å². The number of aromatic nitrogens is 2. The van der Waals surface area contributed by atoms with Gasteiger partial charge in [0, 0.05) is 30.6 Å². The normalized spacial score (nSPS) is 10.9. The van der Waals surface area contributed by atoms with Gasteiger partial charge >= 0.3 is 0 Å². The zero-order valence-electron chi connectivity index (χ0n) is 16.0. The zero-order valence-corrected chi connectivity index (χ0v) is 16.0. The molecule has 1 N–H and O–H groups in total. The van der Waals surface area contributed by atoms with Crippen LogP contribution >= 0.6 is 0 Å². The number of hydrogen-bond acceptors (Lipinski definition) is 3. The first kappa shape index (κ1) is 19.6. The Morgan fingerprint density at radius 3 is 2.83 bits per heavy atom. The van der Waals surface area contributed by atoms with Crippen LogP contribution in [0.2, 0.25) is 0 Å². The van der Waals surface area contributed by atoms with Gasteiger partial charge in [0.25, 0.3) is 0 Å². The molecule has 0 atom stereocenters. The van der Waals surface area contributed by atoms with Gasteiger partial charge in [0.1, 0.15) is 29.6 Å². The van der Waals surface area contributed by atoms with Crippen molar-refractivity contribution in [3.8, 4) is 5.75 Å². The first-order chi connectivity index (χ1) is 14.6. The minimum atomic E-state index is -0.526. The molecule has 0 aliphatic heterocycles. The van der Waals surface area contributed by atoms with Crippen molar-refractivity contribution in [3.05, 3.63) is 95.9 Å². The van der Waals surface area contributed by atoms with Crippen molar-refractivity contribution in [2.24, 2.45) is 0 Å². The van der Waals surface area contributed by atoms with Crippen LogP contribution in [-0.2, 0) is 17.8 Å². The van der Waals surface area contributed by atoms with Gasteiger partial charge in [-0.1, -0.05) is 12.1 Å². The van der Waals surface area contributed by atoms with Gasteiger partial charge in [0.2, 0.25) is 5.91 Å². The van der Waals surface area contributed by atoms with Crippen molar-refractivity contribution in [2.75, 3.05) is 5.32 Å². The molecule has 2 aromatic carbocycles. The Morgan fingerprint density at radius 2 is 1.97 bits per heavy atom. The fourth-order valence-corrected chi connectivity index (χ4v) is 3.08. The number of carbonyl (C=O) groups excluding carboxylic acids is 1. The van der Waals surface area contributed by atoms with Crippen LogP contribution in [0.1, 0.15) is 17.7 Å². The molecule has 7 heteroatoms. The van der Waals surface area contributed by atoms with Gasteiger partial charge in [-0.2, -0.15) is 0 Å². The maximum Gasteiger partial charge on any atom is 0.224 e. The Kier molecular flexibility index (Phi) is 5.70. The summed E-state index contributed by atoms with van der Waals surface area (Å²) in [5, 5.41) is 2.75. The lowest BCUT2D eigenvalue weighted by atomic mass is 10.1. The molecule has 0 radical (unpaired) electrons. The lowest BCUT2D eigenvalue weighted by Gasteiger charge is -2.09. The van der Waals surface area contributed by atoms with Gasteiger partial charge in [0.15, 0.2) is 0 Å². The predicted octanol–water partition coefficient (Wildman–Crippen LogP) is 4.76. The third-order valence-electron chi connectivity index (χ3n) is 4.55. The molecule has 0 aliphatic rings. The van der Waals surface area contributed by atoms with Crippen molar-refractivity contribution in [3.63, 3.8) is 0 Å². The summed E-state index contributed by atoms with van der Waals surface area (Å²) in [5.74, 6) is -0.758. The predicted molar refractivity (Wildman–Crippen MR) is 109 cm³/mol. The molecule has 4 aromatic rings. The molecule has 4 rings (SSSR count). The number of halogens is 2. The third kappa shape index (κ3) is 4.81. The Bertz CT molecular complexity index is 1160. The van der Waals surface area contributed by atoms with Crippen molar-refractivity contribution in [2.45, 2.75) is 19.4 Å². The van der Waals surface area contributed by atoms with E-state index in [1.54, 1.807) is 24.3 Å². The number of ether oxygens (including phenoxy) is 1. The second kappa shape index (κ2) is 8.73. The van der Waals surface area contributed by atoms with Crippen LogP contribution in [0.4, 0.5) is 14.5 Å². The molecular weight excluding hydrogens is 388 g/mol. The fraction of sp³-hybridized carbons (Fsp3) is 0.130. The van der Waals surface area contributed by atoms with Crippen molar-refractivity contribution < 1.29 is 18.3 Å². The van der Waals surface area contributed by atoms with E-state index in [0.717, 1.165) is 29.5 Å². The highest BCUT2D eigenvalue weighted by molar-refractivity contribution is 5.91. The van der Waals surface area contributed by atoms with E-state index in [4.69, 9.17) is 4.74 Å². The zero-order chi connectivity index (χ0) is 20.9. The summed E-state index contributed by atoms with van der Waals surface area (Å²) in [5.41, 5.74) is 2.36. The second-order valence-corrected chi connectivity index (χ2v) is 6.80. The van der Waals surface area contributed by atoms with E-state index in [-0.39, 0.29) is 30.9 Å². The Morgan fingerprint density at radius 1 is 1.07 bits per heavy atom. The molecule has 0 fully saturated rings. The minimum absolute atomic E-state index is 0.0344. The van der Waals surface area contributed by atoms with E-state index in [2.05, 4.69) is 10.3 Å². The summed E-state index contributed by atoms with van der Waals surface area (Å²) >= 11 is 0. The number of fused-ring (bicyclic) bond motifs is 1. The van der Waals surface area contributed by atoms with Crippen LogP contribution in [0.3, 0.4) is 0 Å².